The summed E-state index contributed by atoms with van der Waals surface area (Å²) in [5.41, 5.74) is 8.59. The molecule has 0 spiro atoms. The van der Waals surface area contributed by atoms with Crippen LogP contribution in [0.25, 0.3) is 11.3 Å². The van der Waals surface area contributed by atoms with E-state index in [4.69, 9.17) is 23.1 Å². The van der Waals surface area contributed by atoms with Crippen molar-refractivity contribution in [1.29, 1.82) is 0 Å². The van der Waals surface area contributed by atoms with Crippen LogP contribution in [-0.4, -0.2) is 15.2 Å². The third-order valence-corrected chi connectivity index (χ3v) is 2.62. The highest BCUT2D eigenvalue weighted by Gasteiger charge is 2.33. The third kappa shape index (κ3) is 2.57. The van der Waals surface area contributed by atoms with E-state index in [9.17, 15) is 17.6 Å². The van der Waals surface area contributed by atoms with Crippen molar-refractivity contribution < 1.29 is 17.6 Å². The summed E-state index contributed by atoms with van der Waals surface area (Å²) in [7, 11) is 0. The largest absolute Gasteiger partial charge is 0.416 e. The Balaban J connectivity index is 2.70. The third-order valence-electron chi connectivity index (χ3n) is 2.34. The van der Waals surface area contributed by atoms with E-state index >= 15 is 0 Å². The van der Waals surface area contributed by atoms with Crippen molar-refractivity contribution >= 4 is 23.4 Å². The van der Waals surface area contributed by atoms with Crippen molar-refractivity contribution in [2.75, 3.05) is 11.5 Å². The molecule has 2 aromatic rings. The zero-order valence-corrected chi connectivity index (χ0v) is 10.3. The van der Waals surface area contributed by atoms with Crippen LogP contribution in [0.4, 0.5) is 29.3 Å². The molecule has 0 saturated carbocycles. The van der Waals surface area contributed by atoms with Gasteiger partial charge in [0.2, 0.25) is 5.95 Å². The molecule has 4 N–H and O–H groups in total. The molecule has 0 atom stereocenters. The molecule has 1 aromatic carbocycles. The van der Waals surface area contributed by atoms with Gasteiger partial charge in [-0.1, -0.05) is 11.6 Å². The highest BCUT2D eigenvalue weighted by molar-refractivity contribution is 6.31. The molecular weight excluding hydrogens is 302 g/mol. The van der Waals surface area contributed by atoms with Crippen LogP contribution >= 0.6 is 11.6 Å². The van der Waals surface area contributed by atoms with Crippen molar-refractivity contribution in [3.63, 3.8) is 0 Å². The van der Waals surface area contributed by atoms with Crippen LogP contribution in [0.2, 0.25) is 5.02 Å². The summed E-state index contributed by atoms with van der Waals surface area (Å²) in [6, 6.07) is 0.994. The van der Waals surface area contributed by atoms with Gasteiger partial charge >= 0.3 is 6.18 Å². The Hall–Kier alpha value is -2.16. The summed E-state index contributed by atoms with van der Waals surface area (Å²) in [5.74, 6) is -1.75. The number of aromatic nitrogens is 3. The van der Waals surface area contributed by atoms with E-state index in [0.29, 0.717) is 12.1 Å². The first kappa shape index (κ1) is 14.3. The smallest absolute Gasteiger partial charge is 0.382 e. The van der Waals surface area contributed by atoms with Crippen LogP contribution in [0.15, 0.2) is 12.1 Å². The van der Waals surface area contributed by atoms with Crippen molar-refractivity contribution in [2.45, 2.75) is 6.18 Å². The number of nitrogen functional groups attached to an aromatic ring is 2. The van der Waals surface area contributed by atoms with E-state index in [1.54, 1.807) is 0 Å². The van der Waals surface area contributed by atoms with Crippen LogP contribution in [-0.2, 0) is 6.18 Å². The topological polar surface area (TPSA) is 90.7 Å². The second kappa shape index (κ2) is 4.75. The van der Waals surface area contributed by atoms with Crippen molar-refractivity contribution in [3.05, 3.63) is 28.5 Å². The Bertz CT molecular complexity index is 673. The molecule has 0 bridgehead atoms. The van der Waals surface area contributed by atoms with E-state index in [1.165, 1.54) is 0 Å². The molecule has 1 heterocycles. The monoisotopic (exact) mass is 307 g/mol. The minimum absolute atomic E-state index is 0.287. The Labute approximate surface area is 114 Å². The molecule has 0 radical (unpaired) electrons. The number of hydrogen-bond donors (Lipinski definition) is 2. The lowest BCUT2D eigenvalue weighted by atomic mass is 10.1. The summed E-state index contributed by atoms with van der Waals surface area (Å²) < 4.78 is 51.9. The van der Waals surface area contributed by atoms with Crippen LogP contribution in [0.5, 0.6) is 0 Å². The minimum Gasteiger partial charge on any atom is -0.382 e. The van der Waals surface area contributed by atoms with Gasteiger partial charge in [-0.2, -0.15) is 18.2 Å². The molecule has 10 heteroatoms. The van der Waals surface area contributed by atoms with E-state index in [2.05, 4.69) is 15.2 Å². The van der Waals surface area contributed by atoms with Gasteiger partial charge in [0.1, 0.15) is 5.69 Å². The van der Waals surface area contributed by atoms with Gasteiger partial charge < -0.3 is 11.5 Å². The molecule has 0 aliphatic carbocycles. The maximum absolute atomic E-state index is 13.9. The number of anilines is 2. The predicted molar refractivity (Wildman–Crippen MR) is 64.1 cm³/mol. The lowest BCUT2D eigenvalue weighted by Crippen LogP contribution is -2.08. The fourth-order valence-electron chi connectivity index (χ4n) is 1.47. The Kier molecular flexibility index (Phi) is 3.38. The molecule has 0 saturated heterocycles. The number of benzene rings is 1. The van der Waals surface area contributed by atoms with Gasteiger partial charge in [0.05, 0.1) is 10.6 Å². The molecule has 0 fully saturated rings. The molecule has 0 aliphatic rings. The second-order valence-corrected chi connectivity index (χ2v) is 4.13. The average molecular weight is 308 g/mol. The van der Waals surface area contributed by atoms with E-state index in [1.807, 2.05) is 0 Å². The molecule has 0 amide bonds. The Morgan fingerprint density at radius 3 is 2.30 bits per heavy atom. The highest BCUT2D eigenvalue weighted by Crippen LogP contribution is 2.37. The normalized spacial score (nSPS) is 11.7. The standard InChI is InChI=1S/C10H6ClF4N5/c11-5-2-3(10(13,14)15)1-4(6(5)12)7-8(16)18-9(17)20-19-7/h1-2H,(H4,16,17,18,20). The molecule has 106 valence electrons. The van der Waals surface area contributed by atoms with E-state index in [0.717, 1.165) is 0 Å². The van der Waals surface area contributed by atoms with Gasteiger partial charge in [-0.3, -0.25) is 0 Å². The van der Waals surface area contributed by atoms with Crippen molar-refractivity contribution in [1.82, 2.24) is 15.2 Å². The first-order valence-electron chi connectivity index (χ1n) is 5.02. The molecule has 0 unspecified atom stereocenters. The molecular formula is C10H6ClF4N5. The maximum Gasteiger partial charge on any atom is 0.416 e. The number of alkyl halides is 3. The molecule has 2 rings (SSSR count). The summed E-state index contributed by atoms with van der Waals surface area (Å²) in [6.07, 6.45) is -4.70. The van der Waals surface area contributed by atoms with Gasteiger partial charge in [-0.05, 0) is 12.1 Å². The van der Waals surface area contributed by atoms with E-state index in [-0.39, 0.29) is 17.5 Å². The van der Waals surface area contributed by atoms with Gasteiger partial charge in [0.25, 0.3) is 0 Å². The first-order chi connectivity index (χ1) is 9.20. The van der Waals surface area contributed by atoms with Crippen molar-refractivity contribution in [3.8, 4) is 11.3 Å². The van der Waals surface area contributed by atoms with Gasteiger partial charge in [-0.15, -0.1) is 10.2 Å². The average Bonchev–Trinajstić information content (AvgIpc) is 2.32. The second-order valence-electron chi connectivity index (χ2n) is 3.72. The summed E-state index contributed by atoms with van der Waals surface area (Å²) in [5, 5.41) is 6.05. The van der Waals surface area contributed by atoms with Crippen molar-refractivity contribution in [2.24, 2.45) is 0 Å². The Morgan fingerprint density at radius 1 is 1.10 bits per heavy atom. The number of nitrogens with two attached hydrogens (primary N) is 2. The lowest BCUT2D eigenvalue weighted by Gasteiger charge is -2.11. The van der Waals surface area contributed by atoms with E-state index < -0.39 is 28.1 Å². The number of halogens is 5. The molecule has 1 aromatic heterocycles. The van der Waals surface area contributed by atoms with Gasteiger partial charge in [0.15, 0.2) is 11.6 Å². The Morgan fingerprint density at radius 2 is 1.75 bits per heavy atom. The zero-order chi connectivity index (χ0) is 15.1. The summed E-state index contributed by atoms with van der Waals surface area (Å²) in [4.78, 5) is 3.50. The number of rotatable bonds is 1. The number of hydrogen-bond acceptors (Lipinski definition) is 5. The van der Waals surface area contributed by atoms with Crippen LogP contribution in [0.3, 0.4) is 0 Å². The fourth-order valence-corrected chi connectivity index (χ4v) is 1.69. The zero-order valence-electron chi connectivity index (χ0n) is 9.54. The summed E-state index contributed by atoms with van der Waals surface area (Å²) >= 11 is 5.45. The SMILES string of the molecule is Nc1nnc(-c2cc(C(F)(F)F)cc(Cl)c2F)c(N)n1. The minimum atomic E-state index is -4.70. The molecule has 20 heavy (non-hydrogen) atoms. The predicted octanol–water partition coefficient (Wildman–Crippen LogP) is 2.51. The van der Waals surface area contributed by atoms with Crippen LogP contribution in [0.1, 0.15) is 5.56 Å². The number of nitrogens with zero attached hydrogens (tertiary/aromatic N) is 3. The molecule has 5 nitrogen and oxygen atoms in total. The first-order valence-corrected chi connectivity index (χ1v) is 5.40. The maximum atomic E-state index is 13.9. The quantitative estimate of drug-likeness (QED) is 0.790. The van der Waals surface area contributed by atoms with Gasteiger partial charge in [0, 0.05) is 5.56 Å². The fraction of sp³-hybridized carbons (Fsp3) is 0.100. The summed E-state index contributed by atoms with van der Waals surface area (Å²) in [6.45, 7) is 0. The highest BCUT2D eigenvalue weighted by atomic mass is 35.5. The molecule has 0 aliphatic heterocycles. The lowest BCUT2D eigenvalue weighted by molar-refractivity contribution is -0.137. The van der Waals surface area contributed by atoms with Crippen LogP contribution < -0.4 is 11.5 Å². The van der Waals surface area contributed by atoms with Crippen LogP contribution in [0, 0.1) is 5.82 Å². The van der Waals surface area contributed by atoms with Gasteiger partial charge in [-0.25, -0.2) is 4.39 Å².